The Labute approximate surface area is 111 Å². The quantitative estimate of drug-likeness (QED) is 0.725. The monoisotopic (exact) mass is 302 g/mol. The molecule has 96 valence electrons. The van der Waals surface area contributed by atoms with Gasteiger partial charge in [-0.1, -0.05) is 22.0 Å². The van der Waals surface area contributed by atoms with E-state index in [1.165, 1.54) is 5.56 Å². The molecule has 0 heterocycles. The maximum absolute atomic E-state index is 5.27. The maximum Gasteiger partial charge on any atom is 0.160 e. The lowest BCUT2D eigenvalue weighted by Crippen LogP contribution is -2.06. The van der Waals surface area contributed by atoms with Gasteiger partial charge in [0.1, 0.15) is 0 Å². The van der Waals surface area contributed by atoms with Crippen molar-refractivity contribution >= 4 is 15.9 Å². The Morgan fingerprint density at radius 1 is 1.12 bits per heavy atom. The van der Waals surface area contributed by atoms with Gasteiger partial charge in [0.05, 0.1) is 14.2 Å². The Bertz CT molecular complexity index is 341. The minimum absolute atomic E-state index is 0.417. The first-order valence-electron chi connectivity index (χ1n) is 5.55. The summed E-state index contributed by atoms with van der Waals surface area (Å²) in [6.45, 7) is 0.767. The fourth-order valence-corrected chi connectivity index (χ4v) is 2.17. The zero-order valence-corrected chi connectivity index (χ0v) is 12.1. The van der Waals surface area contributed by atoms with E-state index in [2.05, 4.69) is 22.0 Å². The first-order chi connectivity index (χ1) is 8.21. The topological polar surface area (TPSA) is 27.7 Å². The van der Waals surface area contributed by atoms with Gasteiger partial charge in [-0.05, 0) is 30.5 Å². The molecule has 1 unspecified atom stereocenters. The second-order valence-corrected chi connectivity index (χ2v) is 5.07. The number of halogens is 1. The van der Waals surface area contributed by atoms with E-state index in [1.807, 2.05) is 12.1 Å². The molecule has 0 bridgehead atoms. The van der Waals surface area contributed by atoms with Crippen molar-refractivity contribution in [1.29, 1.82) is 0 Å². The van der Waals surface area contributed by atoms with Crippen LogP contribution in [0.2, 0.25) is 0 Å². The van der Waals surface area contributed by atoms with E-state index < -0.39 is 0 Å². The summed E-state index contributed by atoms with van der Waals surface area (Å²) >= 11 is 3.65. The summed E-state index contributed by atoms with van der Waals surface area (Å²) in [6, 6.07) is 6.01. The Kier molecular flexibility index (Phi) is 6.37. The van der Waals surface area contributed by atoms with Crippen molar-refractivity contribution in [2.75, 3.05) is 27.9 Å². The van der Waals surface area contributed by atoms with Gasteiger partial charge in [0.2, 0.25) is 0 Å². The van der Waals surface area contributed by atoms with Crippen LogP contribution in [0.15, 0.2) is 18.2 Å². The molecular weight excluding hydrogens is 284 g/mol. The number of benzene rings is 1. The van der Waals surface area contributed by atoms with Crippen molar-refractivity contribution in [3.8, 4) is 11.5 Å². The van der Waals surface area contributed by atoms with Gasteiger partial charge in [-0.15, -0.1) is 0 Å². The van der Waals surface area contributed by atoms with E-state index in [0.29, 0.717) is 4.83 Å². The second kappa shape index (κ2) is 7.56. The molecule has 0 N–H and O–H groups in total. The third-order valence-corrected chi connectivity index (χ3v) is 3.32. The molecule has 1 rings (SSSR count). The molecule has 3 nitrogen and oxygen atoms in total. The summed E-state index contributed by atoms with van der Waals surface area (Å²) in [5.74, 6) is 1.54. The molecule has 4 heteroatoms. The SMILES string of the molecule is COCCC(Br)Cc1ccc(OC)c(OC)c1. The fourth-order valence-electron chi connectivity index (χ4n) is 1.61. The Hall–Kier alpha value is -0.740. The molecule has 0 aromatic heterocycles. The molecule has 0 saturated heterocycles. The highest BCUT2D eigenvalue weighted by molar-refractivity contribution is 9.09. The summed E-state index contributed by atoms with van der Waals surface area (Å²) in [5.41, 5.74) is 1.22. The van der Waals surface area contributed by atoms with Gasteiger partial charge in [0, 0.05) is 18.5 Å². The average molecular weight is 303 g/mol. The Morgan fingerprint density at radius 3 is 2.41 bits per heavy atom. The van der Waals surface area contributed by atoms with Crippen LogP contribution in [0.4, 0.5) is 0 Å². The first-order valence-corrected chi connectivity index (χ1v) is 6.46. The van der Waals surface area contributed by atoms with E-state index in [4.69, 9.17) is 14.2 Å². The van der Waals surface area contributed by atoms with Gasteiger partial charge in [-0.3, -0.25) is 0 Å². The molecule has 17 heavy (non-hydrogen) atoms. The zero-order valence-electron chi connectivity index (χ0n) is 10.5. The van der Waals surface area contributed by atoms with Gasteiger partial charge in [-0.25, -0.2) is 0 Å². The summed E-state index contributed by atoms with van der Waals surface area (Å²) in [5, 5.41) is 0. The highest BCUT2D eigenvalue weighted by Gasteiger charge is 2.09. The predicted molar refractivity (Wildman–Crippen MR) is 72.5 cm³/mol. The summed E-state index contributed by atoms with van der Waals surface area (Å²) in [4.78, 5) is 0.417. The number of ether oxygens (including phenoxy) is 3. The molecule has 0 aliphatic rings. The summed E-state index contributed by atoms with van der Waals surface area (Å²) < 4.78 is 15.5. The largest absolute Gasteiger partial charge is 0.493 e. The number of rotatable bonds is 7. The molecule has 0 spiro atoms. The van der Waals surface area contributed by atoms with Crippen LogP contribution in [0.25, 0.3) is 0 Å². The van der Waals surface area contributed by atoms with Crippen molar-refractivity contribution in [3.05, 3.63) is 23.8 Å². The number of alkyl halides is 1. The van der Waals surface area contributed by atoms with Crippen LogP contribution in [0.1, 0.15) is 12.0 Å². The van der Waals surface area contributed by atoms with Crippen LogP contribution in [-0.2, 0) is 11.2 Å². The second-order valence-electron chi connectivity index (χ2n) is 3.77. The number of methoxy groups -OCH3 is 3. The minimum atomic E-state index is 0.417. The van der Waals surface area contributed by atoms with Gasteiger partial charge in [-0.2, -0.15) is 0 Å². The van der Waals surface area contributed by atoms with Crippen molar-refractivity contribution in [2.45, 2.75) is 17.7 Å². The van der Waals surface area contributed by atoms with Crippen molar-refractivity contribution in [2.24, 2.45) is 0 Å². The lowest BCUT2D eigenvalue weighted by molar-refractivity contribution is 0.194. The van der Waals surface area contributed by atoms with E-state index in [1.54, 1.807) is 21.3 Å². The average Bonchev–Trinajstić information content (AvgIpc) is 2.36. The fraction of sp³-hybridized carbons (Fsp3) is 0.538. The van der Waals surface area contributed by atoms with E-state index >= 15 is 0 Å². The van der Waals surface area contributed by atoms with Crippen LogP contribution in [-0.4, -0.2) is 32.8 Å². The normalized spacial score (nSPS) is 12.2. The molecule has 0 fully saturated rings. The summed E-state index contributed by atoms with van der Waals surface area (Å²) in [6.07, 6.45) is 1.94. The lowest BCUT2D eigenvalue weighted by Gasteiger charge is -2.12. The van der Waals surface area contributed by atoms with Crippen LogP contribution >= 0.6 is 15.9 Å². The molecule has 1 atom stereocenters. The Balaban J connectivity index is 2.65. The van der Waals surface area contributed by atoms with Crippen LogP contribution in [0.3, 0.4) is 0 Å². The molecular formula is C13H19BrO3. The maximum atomic E-state index is 5.27. The zero-order chi connectivity index (χ0) is 12.7. The third-order valence-electron chi connectivity index (χ3n) is 2.54. The number of hydrogen-bond donors (Lipinski definition) is 0. The standard InChI is InChI=1S/C13H19BrO3/c1-15-7-6-11(14)8-10-4-5-12(16-2)13(9-10)17-3/h4-5,9,11H,6-8H2,1-3H3. The molecule has 0 radical (unpaired) electrons. The number of hydrogen-bond acceptors (Lipinski definition) is 3. The van der Waals surface area contributed by atoms with Gasteiger partial charge in [0.25, 0.3) is 0 Å². The van der Waals surface area contributed by atoms with Crippen LogP contribution in [0, 0.1) is 0 Å². The first kappa shape index (κ1) is 14.3. The van der Waals surface area contributed by atoms with Crippen molar-refractivity contribution in [1.82, 2.24) is 0 Å². The van der Waals surface area contributed by atoms with E-state index in [9.17, 15) is 0 Å². The third kappa shape index (κ3) is 4.56. The molecule has 0 amide bonds. The van der Waals surface area contributed by atoms with Gasteiger partial charge in [0.15, 0.2) is 11.5 Å². The van der Waals surface area contributed by atoms with Crippen LogP contribution in [0.5, 0.6) is 11.5 Å². The molecule has 0 aliphatic carbocycles. The summed E-state index contributed by atoms with van der Waals surface area (Å²) in [7, 11) is 5.01. The van der Waals surface area contributed by atoms with Gasteiger partial charge < -0.3 is 14.2 Å². The smallest absolute Gasteiger partial charge is 0.160 e. The molecule has 1 aromatic carbocycles. The molecule has 0 aliphatic heterocycles. The molecule has 0 saturated carbocycles. The highest BCUT2D eigenvalue weighted by atomic mass is 79.9. The predicted octanol–water partition coefficient (Wildman–Crippen LogP) is 3.05. The van der Waals surface area contributed by atoms with Crippen molar-refractivity contribution in [3.63, 3.8) is 0 Å². The minimum Gasteiger partial charge on any atom is -0.493 e. The highest BCUT2D eigenvalue weighted by Crippen LogP contribution is 2.28. The Morgan fingerprint density at radius 2 is 1.82 bits per heavy atom. The van der Waals surface area contributed by atoms with Crippen LogP contribution < -0.4 is 9.47 Å². The van der Waals surface area contributed by atoms with E-state index in [-0.39, 0.29) is 0 Å². The van der Waals surface area contributed by atoms with E-state index in [0.717, 1.165) is 30.9 Å². The molecule has 1 aromatic rings. The van der Waals surface area contributed by atoms with Gasteiger partial charge >= 0.3 is 0 Å². The van der Waals surface area contributed by atoms with Crippen molar-refractivity contribution < 1.29 is 14.2 Å². The lowest BCUT2D eigenvalue weighted by atomic mass is 10.1.